The van der Waals surface area contributed by atoms with Crippen molar-refractivity contribution in [1.29, 1.82) is 0 Å². The number of amides is 1. The highest BCUT2D eigenvalue weighted by atomic mass is 79.9. The highest BCUT2D eigenvalue weighted by Crippen LogP contribution is 2.18. The van der Waals surface area contributed by atoms with Gasteiger partial charge in [0, 0.05) is 12.6 Å². The van der Waals surface area contributed by atoms with Crippen LogP contribution in [0.3, 0.4) is 0 Å². The number of rotatable bonds is 4. The summed E-state index contributed by atoms with van der Waals surface area (Å²) in [6.07, 6.45) is 3.24. The first-order valence-electron chi connectivity index (χ1n) is 6.14. The first kappa shape index (κ1) is 13.5. The maximum Gasteiger partial charge on any atom is 0.254 e. The Kier molecular flexibility index (Phi) is 4.72. The third kappa shape index (κ3) is 3.29. The van der Waals surface area contributed by atoms with Crippen LogP contribution in [0.4, 0.5) is 4.39 Å². The number of hydrogen-bond donors (Lipinski definition) is 2. The van der Waals surface area contributed by atoms with Crippen molar-refractivity contribution in [3.8, 4) is 0 Å². The van der Waals surface area contributed by atoms with Gasteiger partial charge in [-0.15, -0.1) is 0 Å². The van der Waals surface area contributed by atoms with Gasteiger partial charge in [-0.25, -0.2) is 4.39 Å². The Morgan fingerprint density at radius 2 is 2.39 bits per heavy atom. The van der Waals surface area contributed by atoms with Crippen molar-refractivity contribution in [2.45, 2.75) is 25.3 Å². The van der Waals surface area contributed by atoms with E-state index in [2.05, 4.69) is 26.6 Å². The lowest BCUT2D eigenvalue weighted by Gasteiger charge is -2.11. The predicted molar refractivity (Wildman–Crippen MR) is 72.1 cm³/mol. The lowest BCUT2D eigenvalue weighted by atomic mass is 10.1. The summed E-state index contributed by atoms with van der Waals surface area (Å²) >= 11 is 3.07. The Labute approximate surface area is 114 Å². The van der Waals surface area contributed by atoms with Crippen LogP contribution in [0.15, 0.2) is 22.7 Å². The van der Waals surface area contributed by atoms with Crippen molar-refractivity contribution in [3.63, 3.8) is 0 Å². The molecule has 98 valence electrons. The number of hydrogen-bond acceptors (Lipinski definition) is 2. The van der Waals surface area contributed by atoms with Crippen molar-refractivity contribution in [1.82, 2.24) is 10.6 Å². The van der Waals surface area contributed by atoms with Gasteiger partial charge in [-0.05, 0) is 53.9 Å². The Morgan fingerprint density at radius 3 is 3.11 bits per heavy atom. The van der Waals surface area contributed by atoms with E-state index in [1.165, 1.54) is 12.5 Å². The number of carbonyl (C=O) groups is 1. The molecule has 1 heterocycles. The van der Waals surface area contributed by atoms with Gasteiger partial charge in [0.15, 0.2) is 0 Å². The van der Waals surface area contributed by atoms with Crippen LogP contribution in [0, 0.1) is 5.82 Å². The standard InChI is InChI=1S/C13H16BrFN2O/c14-11-5-1-4-10(12(11)15)13(18)17-8-6-9-3-2-7-16-9/h1,4-5,9,16H,2-3,6-8H2,(H,17,18)/t9-/m1/s1. The molecular formula is C13H16BrFN2O. The van der Waals surface area contributed by atoms with Crippen LogP contribution < -0.4 is 10.6 Å². The van der Waals surface area contributed by atoms with E-state index in [4.69, 9.17) is 0 Å². The van der Waals surface area contributed by atoms with Gasteiger partial charge in [0.1, 0.15) is 5.82 Å². The fraction of sp³-hybridized carbons (Fsp3) is 0.462. The van der Waals surface area contributed by atoms with Gasteiger partial charge in [0.2, 0.25) is 0 Å². The molecule has 1 amide bonds. The van der Waals surface area contributed by atoms with Crippen molar-refractivity contribution in [2.75, 3.05) is 13.1 Å². The van der Waals surface area contributed by atoms with Crippen LogP contribution in [-0.2, 0) is 0 Å². The average molecular weight is 315 g/mol. The summed E-state index contributed by atoms with van der Waals surface area (Å²) < 4.78 is 14.0. The molecule has 1 atom stereocenters. The first-order valence-corrected chi connectivity index (χ1v) is 6.93. The maximum absolute atomic E-state index is 13.7. The van der Waals surface area contributed by atoms with Crippen LogP contribution in [0.1, 0.15) is 29.6 Å². The normalized spacial score (nSPS) is 18.9. The third-order valence-electron chi connectivity index (χ3n) is 3.14. The SMILES string of the molecule is O=C(NCC[C@H]1CCCN1)c1cccc(Br)c1F. The van der Waals surface area contributed by atoms with Crippen LogP contribution in [-0.4, -0.2) is 25.0 Å². The Bertz CT molecular complexity index is 433. The minimum absolute atomic E-state index is 0.0868. The van der Waals surface area contributed by atoms with E-state index in [9.17, 15) is 9.18 Å². The van der Waals surface area contributed by atoms with Gasteiger partial charge in [-0.1, -0.05) is 6.07 Å². The van der Waals surface area contributed by atoms with E-state index in [-0.39, 0.29) is 11.5 Å². The van der Waals surface area contributed by atoms with Gasteiger partial charge < -0.3 is 10.6 Å². The number of halogens is 2. The van der Waals surface area contributed by atoms with Gasteiger partial charge in [0.25, 0.3) is 5.91 Å². The topological polar surface area (TPSA) is 41.1 Å². The summed E-state index contributed by atoms with van der Waals surface area (Å²) in [5.41, 5.74) is 0.0868. The van der Waals surface area contributed by atoms with Gasteiger partial charge in [0.05, 0.1) is 10.0 Å². The predicted octanol–water partition coefficient (Wildman–Crippen LogP) is 2.46. The minimum atomic E-state index is -0.506. The van der Waals surface area contributed by atoms with Gasteiger partial charge >= 0.3 is 0 Å². The monoisotopic (exact) mass is 314 g/mol. The summed E-state index contributed by atoms with van der Waals surface area (Å²) in [6.45, 7) is 1.63. The third-order valence-corrected chi connectivity index (χ3v) is 3.75. The second kappa shape index (κ2) is 6.29. The van der Waals surface area contributed by atoms with Crippen LogP contribution >= 0.6 is 15.9 Å². The summed E-state index contributed by atoms with van der Waals surface area (Å²) in [4.78, 5) is 11.8. The minimum Gasteiger partial charge on any atom is -0.352 e. The summed E-state index contributed by atoms with van der Waals surface area (Å²) in [5, 5.41) is 6.11. The van der Waals surface area contributed by atoms with E-state index in [0.29, 0.717) is 17.1 Å². The van der Waals surface area contributed by atoms with Crippen molar-refractivity contribution >= 4 is 21.8 Å². The molecule has 1 aromatic carbocycles. The molecule has 0 saturated carbocycles. The van der Waals surface area contributed by atoms with Crippen LogP contribution in [0.5, 0.6) is 0 Å². The zero-order valence-electron chi connectivity index (χ0n) is 10.0. The molecule has 1 aliphatic heterocycles. The Balaban J connectivity index is 1.85. The van der Waals surface area contributed by atoms with E-state index < -0.39 is 5.82 Å². The average Bonchev–Trinajstić information content (AvgIpc) is 2.85. The van der Waals surface area contributed by atoms with E-state index >= 15 is 0 Å². The second-order valence-corrected chi connectivity index (χ2v) is 5.29. The number of benzene rings is 1. The molecule has 0 unspecified atom stereocenters. The molecular weight excluding hydrogens is 299 g/mol. The Hall–Kier alpha value is -0.940. The molecule has 5 heteroatoms. The zero-order valence-corrected chi connectivity index (χ0v) is 11.6. The molecule has 0 spiro atoms. The number of nitrogens with one attached hydrogen (secondary N) is 2. The fourth-order valence-corrected chi connectivity index (χ4v) is 2.50. The van der Waals surface area contributed by atoms with Crippen LogP contribution in [0.2, 0.25) is 0 Å². The zero-order chi connectivity index (χ0) is 13.0. The molecule has 0 aliphatic carbocycles. The maximum atomic E-state index is 13.7. The van der Waals surface area contributed by atoms with Crippen LogP contribution in [0.25, 0.3) is 0 Å². The van der Waals surface area contributed by atoms with Crippen molar-refractivity contribution in [3.05, 3.63) is 34.1 Å². The molecule has 1 aliphatic rings. The smallest absolute Gasteiger partial charge is 0.254 e. The summed E-state index contributed by atoms with van der Waals surface area (Å²) in [5.74, 6) is -0.860. The van der Waals surface area contributed by atoms with E-state index in [0.717, 1.165) is 19.4 Å². The molecule has 2 N–H and O–H groups in total. The lowest BCUT2D eigenvalue weighted by molar-refractivity contribution is 0.0948. The Morgan fingerprint density at radius 1 is 1.56 bits per heavy atom. The molecule has 1 saturated heterocycles. The highest BCUT2D eigenvalue weighted by Gasteiger charge is 2.16. The quantitative estimate of drug-likeness (QED) is 0.896. The van der Waals surface area contributed by atoms with E-state index in [1.807, 2.05) is 0 Å². The first-order chi connectivity index (χ1) is 8.68. The molecule has 2 rings (SSSR count). The molecule has 0 radical (unpaired) electrons. The van der Waals surface area contributed by atoms with Crippen molar-refractivity contribution in [2.24, 2.45) is 0 Å². The molecule has 1 fully saturated rings. The molecule has 18 heavy (non-hydrogen) atoms. The molecule has 0 aromatic heterocycles. The fourth-order valence-electron chi connectivity index (χ4n) is 2.14. The van der Waals surface area contributed by atoms with Crippen molar-refractivity contribution < 1.29 is 9.18 Å². The molecule has 3 nitrogen and oxygen atoms in total. The number of carbonyl (C=O) groups excluding carboxylic acids is 1. The lowest BCUT2D eigenvalue weighted by Crippen LogP contribution is -2.31. The second-order valence-electron chi connectivity index (χ2n) is 4.44. The largest absolute Gasteiger partial charge is 0.352 e. The summed E-state index contributed by atoms with van der Waals surface area (Å²) in [7, 11) is 0. The summed E-state index contributed by atoms with van der Waals surface area (Å²) in [6, 6.07) is 5.20. The van der Waals surface area contributed by atoms with Gasteiger partial charge in [-0.3, -0.25) is 4.79 Å². The molecule has 1 aromatic rings. The molecule has 0 bridgehead atoms. The highest BCUT2D eigenvalue weighted by molar-refractivity contribution is 9.10. The van der Waals surface area contributed by atoms with Gasteiger partial charge in [-0.2, -0.15) is 0 Å². The van der Waals surface area contributed by atoms with E-state index in [1.54, 1.807) is 12.1 Å².